The number of hydrogen-bond acceptors (Lipinski definition) is 4. The maximum Gasteiger partial charge on any atom is 0.222 e. The molecule has 2 rings (SSSR count). The van der Waals surface area contributed by atoms with Gasteiger partial charge in [0.1, 0.15) is 0 Å². The summed E-state index contributed by atoms with van der Waals surface area (Å²) >= 11 is 0. The first kappa shape index (κ1) is 12.0. The molecule has 1 N–H and O–H groups in total. The minimum atomic E-state index is -0.122. The SMILES string of the molecule is CC(=O)Nc1cnc(CN2CCCCC2)cn1. The Morgan fingerprint density at radius 1 is 1.29 bits per heavy atom. The zero-order valence-electron chi connectivity index (χ0n) is 10.1. The summed E-state index contributed by atoms with van der Waals surface area (Å²) in [5, 5.41) is 2.61. The average Bonchev–Trinajstić information content (AvgIpc) is 2.32. The Hall–Kier alpha value is -1.49. The van der Waals surface area contributed by atoms with E-state index in [0.29, 0.717) is 5.82 Å². The van der Waals surface area contributed by atoms with Crippen LogP contribution in [0.2, 0.25) is 0 Å². The van der Waals surface area contributed by atoms with Crippen molar-refractivity contribution in [3.63, 3.8) is 0 Å². The van der Waals surface area contributed by atoms with E-state index in [4.69, 9.17) is 0 Å². The maximum absolute atomic E-state index is 10.8. The fraction of sp³-hybridized carbons (Fsp3) is 0.583. The van der Waals surface area contributed by atoms with E-state index in [-0.39, 0.29) is 5.91 Å². The topological polar surface area (TPSA) is 58.1 Å². The van der Waals surface area contributed by atoms with Crippen molar-refractivity contribution in [2.45, 2.75) is 32.7 Å². The zero-order valence-corrected chi connectivity index (χ0v) is 10.1. The van der Waals surface area contributed by atoms with E-state index < -0.39 is 0 Å². The first-order valence-electron chi connectivity index (χ1n) is 6.05. The number of amides is 1. The maximum atomic E-state index is 10.8. The molecule has 5 heteroatoms. The van der Waals surface area contributed by atoms with Gasteiger partial charge in [0, 0.05) is 13.5 Å². The lowest BCUT2D eigenvalue weighted by molar-refractivity contribution is -0.114. The van der Waals surface area contributed by atoms with Crippen LogP contribution in [-0.4, -0.2) is 33.9 Å². The highest BCUT2D eigenvalue weighted by Crippen LogP contribution is 2.11. The van der Waals surface area contributed by atoms with Crippen LogP contribution in [0.4, 0.5) is 5.82 Å². The number of carbonyl (C=O) groups excluding carboxylic acids is 1. The van der Waals surface area contributed by atoms with Crippen LogP contribution in [0.25, 0.3) is 0 Å². The first-order valence-corrected chi connectivity index (χ1v) is 6.05. The summed E-state index contributed by atoms with van der Waals surface area (Å²) in [6.07, 6.45) is 7.24. The summed E-state index contributed by atoms with van der Waals surface area (Å²) in [6.45, 7) is 4.61. The van der Waals surface area contributed by atoms with E-state index in [1.807, 2.05) is 0 Å². The van der Waals surface area contributed by atoms with Gasteiger partial charge in [-0.05, 0) is 25.9 Å². The molecule has 0 spiro atoms. The van der Waals surface area contributed by atoms with Crippen molar-refractivity contribution in [3.8, 4) is 0 Å². The molecule has 92 valence electrons. The molecule has 17 heavy (non-hydrogen) atoms. The van der Waals surface area contributed by atoms with Gasteiger partial charge in [-0.2, -0.15) is 0 Å². The van der Waals surface area contributed by atoms with Gasteiger partial charge < -0.3 is 5.32 Å². The van der Waals surface area contributed by atoms with Gasteiger partial charge >= 0.3 is 0 Å². The van der Waals surface area contributed by atoms with E-state index in [9.17, 15) is 4.79 Å². The number of likely N-dealkylation sites (tertiary alicyclic amines) is 1. The summed E-state index contributed by atoms with van der Waals surface area (Å²) in [5.74, 6) is 0.392. The Bertz CT molecular complexity index is 371. The van der Waals surface area contributed by atoms with Crippen LogP contribution < -0.4 is 5.32 Å². The minimum absolute atomic E-state index is 0.122. The van der Waals surface area contributed by atoms with Crippen molar-refractivity contribution in [1.29, 1.82) is 0 Å². The first-order chi connectivity index (χ1) is 8.24. The molecule has 0 aliphatic carbocycles. The van der Waals surface area contributed by atoms with Gasteiger partial charge in [0.2, 0.25) is 5.91 Å². The second kappa shape index (κ2) is 5.72. The third-order valence-electron chi connectivity index (χ3n) is 2.84. The van der Waals surface area contributed by atoms with Crippen molar-refractivity contribution in [2.24, 2.45) is 0 Å². The number of nitrogens with one attached hydrogen (secondary N) is 1. The molecule has 0 saturated carbocycles. The van der Waals surface area contributed by atoms with E-state index in [1.165, 1.54) is 26.2 Å². The second-order valence-electron chi connectivity index (χ2n) is 4.41. The fourth-order valence-corrected chi connectivity index (χ4v) is 2.03. The molecule has 0 unspecified atom stereocenters. The zero-order chi connectivity index (χ0) is 12.1. The monoisotopic (exact) mass is 234 g/mol. The van der Waals surface area contributed by atoms with E-state index in [2.05, 4.69) is 20.2 Å². The average molecular weight is 234 g/mol. The van der Waals surface area contributed by atoms with Crippen LogP contribution in [0, 0.1) is 0 Å². The predicted molar refractivity (Wildman–Crippen MR) is 65.5 cm³/mol. The van der Waals surface area contributed by atoms with Gasteiger partial charge in [0.05, 0.1) is 18.1 Å². The molecule has 0 atom stereocenters. The Labute approximate surface area is 101 Å². The third kappa shape index (κ3) is 3.78. The van der Waals surface area contributed by atoms with Gasteiger partial charge in [-0.1, -0.05) is 6.42 Å². The number of hydrogen-bond donors (Lipinski definition) is 1. The van der Waals surface area contributed by atoms with Crippen molar-refractivity contribution in [3.05, 3.63) is 18.1 Å². The lowest BCUT2D eigenvalue weighted by Crippen LogP contribution is -2.29. The Balaban J connectivity index is 1.90. The van der Waals surface area contributed by atoms with Gasteiger partial charge in [-0.15, -0.1) is 0 Å². The van der Waals surface area contributed by atoms with E-state index in [1.54, 1.807) is 12.4 Å². The standard InChI is InChI=1S/C12H18N4O/c1-10(17)15-12-8-13-11(7-14-12)9-16-5-3-2-4-6-16/h7-8H,2-6,9H2,1H3,(H,14,15,17). The quantitative estimate of drug-likeness (QED) is 0.859. The van der Waals surface area contributed by atoms with Gasteiger partial charge in [-0.25, -0.2) is 4.98 Å². The van der Waals surface area contributed by atoms with Crippen molar-refractivity contribution >= 4 is 11.7 Å². The predicted octanol–water partition coefficient (Wildman–Crippen LogP) is 1.42. The molecule has 1 saturated heterocycles. The normalized spacial score (nSPS) is 16.8. The molecular formula is C12H18N4O. The van der Waals surface area contributed by atoms with Crippen LogP contribution >= 0.6 is 0 Å². The molecule has 1 aromatic heterocycles. The fourth-order valence-electron chi connectivity index (χ4n) is 2.03. The van der Waals surface area contributed by atoms with Crippen LogP contribution in [-0.2, 0) is 11.3 Å². The highest BCUT2D eigenvalue weighted by molar-refractivity contribution is 5.87. The Morgan fingerprint density at radius 3 is 2.65 bits per heavy atom. The van der Waals surface area contributed by atoms with Crippen molar-refractivity contribution in [1.82, 2.24) is 14.9 Å². The summed E-state index contributed by atoms with van der Waals surface area (Å²) in [7, 11) is 0. The largest absolute Gasteiger partial charge is 0.310 e. The number of piperidine rings is 1. The molecule has 0 radical (unpaired) electrons. The summed E-state index contributed by atoms with van der Waals surface area (Å²) in [6, 6.07) is 0. The van der Waals surface area contributed by atoms with Crippen molar-refractivity contribution < 1.29 is 4.79 Å². The number of nitrogens with zero attached hydrogens (tertiary/aromatic N) is 3. The number of carbonyl (C=O) groups is 1. The number of aromatic nitrogens is 2. The van der Waals surface area contributed by atoms with E-state index in [0.717, 1.165) is 25.3 Å². The summed E-state index contributed by atoms with van der Waals surface area (Å²) in [5.41, 5.74) is 0.959. The van der Waals surface area contributed by atoms with Gasteiger partial charge in [0.15, 0.2) is 5.82 Å². The van der Waals surface area contributed by atoms with Crippen LogP contribution in [0.1, 0.15) is 31.9 Å². The smallest absolute Gasteiger partial charge is 0.222 e. The summed E-state index contributed by atoms with van der Waals surface area (Å²) < 4.78 is 0. The molecule has 1 aliphatic heterocycles. The summed E-state index contributed by atoms with van der Waals surface area (Å²) in [4.78, 5) is 21.7. The Morgan fingerprint density at radius 2 is 2.06 bits per heavy atom. The lowest BCUT2D eigenvalue weighted by atomic mass is 10.1. The highest BCUT2D eigenvalue weighted by Gasteiger charge is 2.11. The molecule has 0 aromatic carbocycles. The molecule has 1 amide bonds. The van der Waals surface area contributed by atoms with Gasteiger partial charge in [0.25, 0.3) is 0 Å². The van der Waals surface area contributed by atoms with E-state index >= 15 is 0 Å². The molecular weight excluding hydrogens is 216 g/mol. The van der Waals surface area contributed by atoms with Crippen LogP contribution in [0.5, 0.6) is 0 Å². The minimum Gasteiger partial charge on any atom is -0.310 e. The van der Waals surface area contributed by atoms with Gasteiger partial charge in [-0.3, -0.25) is 14.7 Å². The molecule has 1 fully saturated rings. The molecule has 1 aromatic rings. The number of anilines is 1. The molecule has 5 nitrogen and oxygen atoms in total. The van der Waals surface area contributed by atoms with Crippen LogP contribution in [0.3, 0.4) is 0 Å². The van der Waals surface area contributed by atoms with Crippen molar-refractivity contribution in [2.75, 3.05) is 18.4 Å². The second-order valence-corrected chi connectivity index (χ2v) is 4.41. The molecule has 1 aliphatic rings. The lowest BCUT2D eigenvalue weighted by Gasteiger charge is -2.25. The third-order valence-corrected chi connectivity index (χ3v) is 2.84. The Kier molecular flexibility index (Phi) is 4.03. The number of rotatable bonds is 3. The molecule has 2 heterocycles. The highest BCUT2D eigenvalue weighted by atomic mass is 16.1. The van der Waals surface area contributed by atoms with Crippen LogP contribution in [0.15, 0.2) is 12.4 Å². The molecule has 0 bridgehead atoms.